The van der Waals surface area contributed by atoms with Crippen molar-refractivity contribution in [2.45, 2.75) is 19.3 Å². The number of rotatable bonds is 7. The summed E-state index contributed by atoms with van der Waals surface area (Å²) in [5.41, 5.74) is 5.28. The molecule has 0 N–H and O–H groups in total. The Morgan fingerprint density at radius 3 is 1.84 bits per heavy atom. The first-order valence-electron chi connectivity index (χ1n) is 8.93. The smallest absolute Gasteiger partial charge is 0.0254 e. The van der Waals surface area contributed by atoms with Crippen LogP contribution < -0.4 is 0 Å². The van der Waals surface area contributed by atoms with Crippen molar-refractivity contribution in [3.05, 3.63) is 119 Å². The van der Waals surface area contributed by atoms with E-state index in [4.69, 9.17) is 0 Å². The van der Waals surface area contributed by atoms with Crippen molar-refractivity contribution >= 4 is 12.2 Å². The lowest BCUT2D eigenvalue weighted by atomic mass is 10.0. The number of allylic oxidation sites excluding steroid dienone is 2. The zero-order valence-electron chi connectivity index (χ0n) is 14.5. The van der Waals surface area contributed by atoms with Gasteiger partial charge in [-0.25, -0.2) is 0 Å². The summed E-state index contributed by atoms with van der Waals surface area (Å²) in [6.07, 6.45) is 10.1. The Bertz CT molecular complexity index is 796. The Kier molecular flexibility index (Phi) is 6.41. The molecular weight excluding hydrogens is 300 g/mol. The monoisotopic (exact) mass is 324 g/mol. The SMILES string of the molecule is C(=C\c1ccccc1)/C(=C/c1ccccc1)CCCc1ccccc1. The molecule has 0 aromatic heterocycles. The van der Waals surface area contributed by atoms with Gasteiger partial charge in [0.25, 0.3) is 0 Å². The van der Waals surface area contributed by atoms with E-state index < -0.39 is 0 Å². The first-order valence-corrected chi connectivity index (χ1v) is 8.93. The minimum Gasteiger partial charge on any atom is -0.0622 e. The fourth-order valence-electron chi connectivity index (χ4n) is 2.88. The Labute approximate surface area is 151 Å². The van der Waals surface area contributed by atoms with Gasteiger partial charge in [-0.05, 0) is 41.5 Å². The Hall–Kier alpha value is -2.86. The molecule has 3 aromatic rings. The van der Waals surface area contributed by atoms with Crippen molar-refractivity contribution in [2.24, 2.45) is 0 Å². The Morgan fingerprint density at radius 2 is 1.20 bits per heavy atom. The van der Waals surface area contributed by atoms with Crippen LogP contribution in [0.25, 0.3) is 12.2 Å². The van der Waals surface area contributed by atoms with Gasteiger partial charge in [0.05, 0.1) is 0 Å². The van der Waals surface area contributed by atoms with Crippen LogP contribution in [0.3, 0.4) is 0 Å². The van der Waals surface area contributed by atoms with Crippen LogP contribution >= 0.6 is 0 Å². The molecule has 0 atom stereocenters. The van der Waals surface area contributed by atoms with E-state index in [0.717, 1.165) is 19.3 Å². The van der Waals surface area contributed by atoms with Crippen LogP contribution in [0.1, 0.15) is 29.5 Å². The highest BCUT2D eigenvalue weighted by Gasteiger charge is 1.98. The van der Waals surface area contributed by atoms with Crippen LogP contribution in [0.4, 0.5) is 0 Å². The zero-order valence-corrected chi connectivity index (χ0v) is 14.5. The lowest BCUT2D eigenvalue weighted by molar-refractivity contribution is 0.827. The van der Waals surface area contributed by atoms with Crippen molar-refractivity contribution in [1.29, 1.82) is 0 Å². The minimum atomic E-state index is 1.08. The first-order chi connectivity index (χ1) is 12.4. The van der Waals surface area contributed by atoms with Gasteiger partial charge in [0.2, 0.25) is 0 Å². The van der Waals surface area contributed by atoms with Gasteiger partial charge >= 0.3 is 0 Å². The van der Waals surface area contributed by atoms with Crippen LogP contribution in [0.5, 0.6) is 0 Å². The summed E-state index contributed by atoms with van der Waals surface area (Å²) < 4.78 is 0. The summed E-state index contributed by atoms with van der Waals surface area (Å²) >= 11 is 0. The molecule has 0 saturated carbocycles. The summed E-state index contributed by atoms with van der Waals surface area (Å²) in [5, 5.41) is 0. The van der Waals surface area contributed by atoms with Crippen molar-refractivity contribution < 1.29 is 0 Å². The molecule has 0 unspecified atom stereocenters. The van der Waals surface area contributed by atoms with E-state index in [1.165, 1.54) is 22.3 Å². The van der Waals surface area contributed by atoms with Gasteiger partial charge in [-0.2, -0.15) is 0 Å². The maximum absolute atomic E-state index is 2.30. The lowest BCUT2D eigenvalue weighted by Gasteiger charge is -2.05. The molecule has 0 aliphatic heterocycles. The third-order valence-electron chi connectivity index (χ3n) is 4.21. The fraction of sp³-hybridized carbons (Fsp3) is 0.120. The summed E-state index contributed by atoms with van der Waals surface area (Å²) in [5.74, 6) is 0. The second-order valence-electron chi connectivity index (χ2n) is 6.21. The molecule has 0 radical (unpaired) electrons. The van der Waals surface area contributed by atoms with Gasteiger partial charge in [0.15, 0.2) is 0 Å². The Balaban J connectivity index is 1.70. The van der Waals surface area contributed by atoms with E-state index in [1.54, 1.807) is 0 Å². The van der Waals surface area contributed by atoms with Gasteiger partial charge in [-0.15, -0.1) is 0 Å². The summed E-state index contributed by atoms with van der Waals surface area (Å²) in [6.45, 7) is 0. The van der Waals surface area contributed by atoms with Gasteiger partial charge in [-0.1, -0.05) is 109 Å². The first kappa shape index (κ1) is 17.0. The molecule has 0 saturated heterocycles. The predicted molar refractivity (Wildman–Crippen MR) is 109 cm³/mol. The molecule has 0 spiro atoms. The molecule has 0 heteroatoms. The summed E-state index contributed by atoms with van der Waals surface area (Å²) in [6, 6.07) is 31.8. The number of hydrogen-bond acceptors (Lipinski definition) is 0. The lowest BCUT2D eigenvalue weighted by Crippen LogP contribution is -1.87. The third-order valence-corrected chi connectivity index (χ3v) is 4.21. The average molecular weight is 324 g/mol. The van der Waals surface area contributed by atoms with E-state index in [1.807, 2.05) is 0 Å². The molecule has 0 heterocycles. The molecule has 3 aromatic carbocycles. The van der Waals surface area contributed by atoms with Crippen molar-refractivity contribution in [3.8, 4) is 0 Å². The van der Waals surface area contributed by atoms with Crippen molar-refractivity contribution in [1.82, 2.24) is 0 Å². The molecule has 0 fully saturated rings. The molecule has 0 nitrogen and oxygen atoms in total. The highest BCUT2D eigenvalue weighted by atomic mass is 14.0. The third kappa shape index (κ3) is 5.93. The molecule has 0 bridgehead atoms. The summed E-state index contributed by atoms with van der Waals surface area (Å²) in [7, 11) is 0. The van der Waals surface area contributed by atoms with Crippen LogP contribution in [0, 0.1) is 0 Å². The predicted octanol–water partition coefficient (Wildman–Crippen LogP) is 6.81. The highest BCUT2D eigenvalue weighted by molar-refractivity contribution is 5.61. The van der Waals surface area contributed by atoms with E-state index in [9.17, 15) is 0 Å². The average Bonchev–Trinajstić information content (AvgIpc) is 2.68. The van der Waals surface area contributed by atoms with Crippen molar-refractivity contribution in [2.75, 3.05) is 0 Å². The highest BCUT2D eigenvalue weighted by Crippen LogP contribution is 2.17. The van der Waals surface area contributed by atoms with Gasteiger partial charge in [0.1, 0.15) is 0 Å². The summed E-state index contributed by atoms with van der Waals surface area (Å²) in [4.78, 5) is 0. The molecular formula is C25H24. The quantitative estimate of drug-likeness (QED) is 0.419. The van der Waals surface area contributed by atoms with Crippen LogP contribution in [0.2, 0.25) is 0 Å². The van der Waals surface area contributed by atoms with Crippen LogP contribution in [0.15, 0.2) is 103 Å². The minimum absolute atomic E-state index is 1.08. The maximum atomic E-state index is 2.30. The molecule has 0 aliphatic rings. The van der Waals surface area contributed by atoms with E-state index in [-0.39, 0.29) is 0 Å². The van der Waals surface area contributed by atoms with Gasteiger partial charge in [0, 0.05) is 0 Å². The zero-order chi connectivity index (χ0) is 17.2. The number of aryl methyl sites for hydroxylation is 1. The van der Waals surface area contributed by atoms with E-state index in [0.29, 0.717) is 0 Å². The second-order valence-corrected chi connectivity index (χ2v) is 6.21. The van der Waals surface area contributed by atoms with E-state index >= 15 is 0 Å². The van der Waals surface area contributed by atoms with Crippen LogP contribution in [-0.2, 0) is 6.42 Å². The Morgan fingerprint density at radius 1 is 0.640 bits per heavy atom. The molecule has 3 rings (SSSR count). The number of hydrogen-bond donors (Lipinski definition) is 0. The maximum Gasteiger partial charge on any atom is -0.0254 e. The fourth-order valence-corrected chi connectivity index (χ4v) is 2.88. The van der Waals surface area contributed by atoms with Crippen molar-refractivity contribution in [3.63, 3.8) is 0 Å². The van der Waals surface area contributed by atoms with Gasteiger partial charge in [-0.3, -0.25) is 0 Å². The molecule has 0 aliphatic carbocycles. The molecule has 25 heavy (non-hydrogen) atoms. The van der Waals surface area contributed by atoms with E-state index in [2.05, 4.69) is 109 Å². The topological polar surface area (TPSA) is 0 Å². The van der Waals surface area contributed by atoms with Crippen LogP contribution in [-0.4, -0.2) is 0 Å². The second kappa shape index (κ2) is 9.44. The van der Waals surface area contributed by atoms with Gasteiger partial charge < -0.3 is 0 Å². The largest absolute Gasteiger partial charge is 0.0622 e. The number of benzene rings is 3. The standard InChI is InChI=1S/C25H24/c1-4-11-22(12-5-1)17-10-18-25(21-24-15-8-3-9-16-24)20-19-23-13-6-2-7-14-23/h1-9,11-16,19-21H,10,17-18H2/b20-19+,25-21+. The normalized spacial score (nSPS) is 11.8. The molecule has 124 valence electrons. The molecule has 0 amide bonds.